The molecule has 3 heterocycles. The van der Waals surface area contributed by atoms with Crippen molar-refractivity contribution in [1.29, 1.82) is 0 Å². The maximum atomic E-state index is 5.99. The highest BCUT2D eigenvalue weighted by molar-refractivity contribution is 7.80. The van der Waals surface area contributed by atoms with Crippen LogP contribution in [0.15, 0.2) is 48.7 Å². The minimum atomic E-state index is 0.0482. The van der Waals surface area contributed by atoms with Gasteiger partial charge in [-0.1, -0.05) is 50.5 Å². The lowest BCUT2D eigenvalue weighted by Crippen LogP contribution is -2.40. The summed E-state index contributed by atoms with van der Waals surface area (Å²) in [6.45, 7) is 8.99. The van der Waals surface area contributed by atoms with Crippen molar-refractivity contribution in [2.75, 3.05) is 0 Å². The normalized spacial score (nSPS) is 21.2. The first kappa shape index (κ1) is 23.1. The predicted molar refractivity (Wildman–Crippen MR) is 144 cm³/mol. The van der Waals surface area contributed by atoms with Gasteiger partial charge in [0.05, 0.1) is 23.5 Å². The molecule has 2 aliphatic rings. The summed E-state index contributed by atoms with van der Waals surface area (Å²) in [4.78, 5) is 7.28. The number of thiocarbonyl (C=S) groups is 1. The third kappa shape index (κ3) is 3.94. The van der Waals surface area contributed by atoms with Gasteiger partial charge in [0.15, 0.2) is 5.11 Å². The Hall–Kier alpha value is -2.66. The van der Waals surface area contributed by atoms with Gasteiger partial charge < -0.3 is 14.8 Å². The molecule has 1 saturated carbocycles. The van der Waals surface area contributed by atoms with Gasteiger partial charge in [-0.25, -0.2) is 0 Å². The largest absolute Gasteiger partial charge is 0.352 e. The molecule has 1 N–H and O–H groups in total. The predicted octanol–water partition coefficient (Wildman–Crippen LogP) is 6.67. The van der Waals surface area contributed by atoms with Crippen LogP contribution in [-0.2, 0) is 6.42 Å². The summed E-state index contributed by atoms with van der Waals surface area (Å²) in [6.07, 6.45) is 9.24. The molecule has 1 aromatic carbocycles. The lowest BCUT2D eigenvalue weighted by molar-refractivity contribution is 0.197. The number of nitrogens with zero attached hydrogens (tertiary/aromatic N) is 3. The van der Waals surface area contributed by atoms with Crippen molar-refractivity contribution in [2.45, 2.75) is 84.3 Å². The van der Waals surface area contributed by atoms with E-state index in [9.17, 15) is 0 Å². The average molecular weight is 473 g/mol. The number of nitrogens with one attached hydrogen (secondary N) is 1. The molecule has 178 valence electrons. The molecule has 0 radical (unpaired) electrons. The number of hydrogen-bond acceptors (Lipinski definition) is 2. The van der Waals surface area contributed by atoms with Crippen molar-refractivity contribution in [3.63, 3.8) is 0 Å². The fraction of sp³-hybridized carbons (Fsp3) is 0.448. The molecule has 1 aliphatic heterocycles. The standard InChI is InChI=1S/C29H36N4S/c1-5-22-13-11-12-19(2)27(22)32-20(3)18-24(21(32)4)28-26(25-16-9-10-17-30-25)31-29(34)33(28)23-14-7-6-8-15-23/h9-13,16-18,23,26,28H,5-8,14-15H2,1-4H3,(H,31,34)/t26-,28+/m1/s1. The fourth-order valence-electron chi connectivity index (χ4n) is 6.21. The monoisotopic (exact) mass is 472 g/mol. The third-order valence-electron chi connectivity index (χ3n) is 7.82. The van der Waals surface area contributed by atoms with Gasteiger partial charge in [0.25, 0.3) is 0 Å². The van der Waals surface area contributed by atoms with Gasteiger partial charge in [-0.15, -0.1) is 0 Å². The second kappa shape index (κ2) is 9.53. The molecule has 3 aromatic rings. The van der Waals surface area contributed by atoms with Gasteiger partial charge >= 0.3 is 0 Å². The molecule has 5 heteroatoms. The van der Waals surface area contributed by atoms with Crippen LogP contribution in [0.1, 0.15) is 84.9 Å². The van der Waals surface area contributed by atoms with Crippen LogP contribution < -0.4 is 5.32 Å². The van der Waals surface area contributed by atoms with E-state index in [1.165, 1.54) is 65.9 Å². The number of hydrogen-bond donors (Lipinski definition) is 1. The first-order valence-electron chi connectivity index (χ1n) is 12.8. The number of pyridine rings is 1. The van der Waals surface area contributed by atoms with E-state index in [0.29, 0.717) is 6.04 Å². The maximum absolute atomic E-state index is 5.99. The van der Waals surface area contributed by atoms with Gasteiger partial charge in [0.1, 0.15) is 0 Å². The van der Waals surface area contributed by atoms with Crippen molar-refractivity contribution in [2.24, 2.45) is 0 Å². The zero-order chi connectivity index (χ0) is 23.8. The summed E-state index contributed by atoms with van der Waals surface area (Å²) in [5.74, 6) is 0. The Kier molecular flexibility index (Phi) is 6.48. The number of aryl methyl sites for hydroxylation is 3. The molecule has 2 atom stereocenters. The second-order valence-electron chi connectivity index (χ2n) is 9.92. The van der Waals surface area contributed by atoms with Crippen molar-refractivity contribution in [1.82, 2.24) is 19.8 Å². The van der Waals surface area contributed by atoms with E-state index in [4.69, 9.17) is 17.2 Å². The Morgan fingerprint density at radius 2 is 1.82 bits per heavy atom. The number of benzene rings is 1. The molecule has 1 saturated heterocycles. The van der Waals surface area contributed by atoms with E-state index in [0.717, 1.165) is 17.2 Å². The van der Waals surface area contributed by atoms with E-state index < -0.39 is 0 Å². The molecule has 2 aromatic heterocycles. The highest BCUT2D eigenvalue weighted by Crippen LogP contribution is 2.44. The van der Waals surface area contributed by atoms with Crippen LogP contribution in [-0.4, -0.2) is 25.6 Å². The van der Waals surface area contributed by atoms with Crippen molar-refractivity contribution in [3.05, 3.63) is 82.4 Å². The molecule has 4 nitrogen and oxygen atoms in total. The Morgan fingerprint density at radius 1 is 1.03 bits per heavy atom. The van der Waals surface area contributed by atoms with Gasteiger partial charge in [0.2, 0.25) is 0 Å². The summed E-state index contributed by atoms with van der Waals surface area (Å²) in [5, 5.41) is 4.56. The topological polar surface area (TPSA) is 33.1 Å². The molecule has 0 bridgehead atoms. The van der Waals surface area contributed by atoms with Crippen LogP contribution >= 0.6 is 12.2 Å². The summed E-state index contributed by atoms with van der Waals surface area (Å²) >= 11 is 5.99. The van der Waals surface area contributed by atoms with Crippen LogP contribution in [0, 0.1) is 20.8 Å². The lowest BCUT2D eigenvalue weighted by Gasteiger charge is -2.37. The first-order valence-corrected chi connectivity index (χ1v) is 13.2. The molecular weight excluding hydrogens is 436 g/mol. The zero-order valence-corrected chi connectivity index (χ0v) is 21.7. The zero-order valence-electron chi connectivity index (χ0n) is 20.8. The SMILES string of the molecule is CCc1cccc(C)c1-n1c(C)cc([C@H]2[C@@H](c3ccccn3)NC(=S)N2C2CCCCC2)c1C. The third-order valence-corrected chi connectivity index (χ3v) is 8.15. The molecule has 0 spiro atoms. The molecular formula is C29H36N4S. The molecule has 5 rings (SSSR count). The molecule has 0 unspecified atom stereocenters. The van der Waals surface area contributed by atoms with Crippen LogP contribution in [0.4, 0.5) is 0 Å². The van der Waals surface area contributed by atoms with Gasteiger partial charge in [-0.2, -0.15) is 0 Å². The van der Waals surface area contributed by atoms with Crippen LogP contribution in [0.2, 0.25) is 0 Å². The van der Waals surface area contributed by atoms with E-state index in [-0.39, 0.29) is 12.1 Å². The fourth-order valence-corrected chi connectivity index (χ4v) is 6.60. The smallest absolute Gasteiger partial charge is 0.170 e. The average Bonchev–Trinajstić information content (AvgIpc) is 3.35. The molecule has 2 fully saturated rings. The Morgan fingerprint density at radius 3 is 2.53 bits per heavy atom. The van der Waals surface area contributed by atoms with E-state index in [1.54, 1.807) is 0 Å². The number of rotatable bonds is 5. The van der Waals surface area contributed by atoms with E-state index >= 15 is 0 Å². The Labute approximate surface area is 209 Å². The van der Waals surface area contributed by atoms with Crippen LogP contribution in [0.3, 0.4) is 0 Å². The maximum Gasteiger partial charge on any atom is 0.170 e. The summed E-state index contributed by atoms with van der Waals surface area (Å²) in [6, 6.07) is 15.9. The van der Waals surface area contributed by atoms with Crippen molar-refractivity contribution >= 4 is 17.3 Å². The van der Waals surface area contributed by atoms with Crippen molar-refractivity contribution in [3.8, 4) is 5.69 Å². The quantitative estimate of drug-likeness (QED) is 0.421. The molecule has 1 aliphatic carbocycles. The minimum absolute atomic E-state index is 0.0482. The summed E-state index contributed by atoms with van der Waals surface area (Å²) in [7, 11) is 0. The summed E-state index contributed by atoms with van der Waals surface area (Å²) < 4.78 is 2.47. The highest BCUT2D eigenvalue weighted by Gasteiger charge is 2.44. The first-order chi connectivity index (χ1) is 16.5. The number of para-hydroxylation sites is 1. The highest BCUT2D eigenvalue weighted by atomic mass is 32.1. The Balaban J connectivity index is 1.66. The van der Waals surface area contributed by atoms with Gasteiger partial charge in [0, 0.05) is 23.6 Å². The van der Waals surface area contributed by atoms with Crippen LogP contribution in [0.25, 0.3) is 5.69 Å². The Bertz CT molecular complexity index is 1180. The molecule has 0 amide bonds. The van der Waals surface area contributed by atoms with Crippen LogP contribution in [0.5, 0.6) is 0 Å². The number of aromatic nitrogens is 2. The molecule has 34 heavy (non-hydrogen) atoms. The summed E-state index contributed by atoms with van der Waals surface area (Å²) in [5.41, 5.74) is 9.03. The van der Waals surface area contributed by atoms with Gasteiger partial charge in [-0.05, 0) is 87.1 Å². The van der Waals surface area contributed by atoms with E-state index in [1.807, 2.05) is 12.3 Å². The second-order valence-corrected chi connectivity index (χ2v) is 10.3. The van der Waals surface area contributed by atoms with E-state index in [2.05, 4.69) is 78.9 Å². The lowest BCUT2D eigenvalue weighted by atomic mass is 9.90. The van der Waals surface area contributed by atoms with Crippen molar-refractivity contribution < 1.29 is 0 Å². The minimum Gasteiger partial charge on any atom is -0.352 e. The van der Waals surface area contributed by atoms with Gasteiger partial charge in [-0.3, -0.25) is 4.98 Å².